The van der Waals surface area contributed by atoms with Crippen molar-refractivity contribution in [2.45, 2.75) is 10.2 Å². The molecule has 2 aromatic carbocycles. The minimum absolute atomic E-state index is 0.320. The standard InChI is InChI=1S/C16H13BrN2O2S/c1-22(20,21)16-5-3-2-4-12(16)13-9-15-14(8-11(13)10-17)18-6-7-19-15/h2-9H,10H2,1H3. The van der Waals surface area contributed by atoms with E-state index in [2.05, 4.69) is 25.9 Å². The van der Waals surface area contributed by atoms with Crippen molar-refractivity contribution >= 4 is 36.8 Å². The molecule has 0 aliphatic carbocycles. The Morgan fingerprint density at radius 3 is 2.27 bits per heavy atom. The molecule has 0 bridgehead atoms. The van der Waals surface area contributed by atoms with E-state index in [-0.39, 0.29) is 0 Å². The summed E-state index contributed by atoms with van der Waals surface area (Å²) in [4.78, 5) is 8.92. The highest BCUT2D eigenvalue weighted by atomic mass is 79.9. The molecule has 0 spiro atoms. The van der Waals surface area contributed by atoms with E-state index >= 15 is 0 Å². The first-order chi connectivity index (χ1) is 10.5. The smallest absolute Gasteiger partial charge is 0.176 e. The molecule has 0 atom stereocenters. The number of aromatic nitrogens is 2. The van der Waals surface area contributed by atoms with E-state index in [0.717, 1.165) is 22.2 Å². The quantitative estimate of drug-likeness (QED) is 0.655. The summed E-state index contributed by atoms with van der Waals surface area (Å²) in [6.07, 6.45) is 4.49. The maximum atomic E-state index is 12.1. The molecule has 0 radical (unpaired) electrons. The molecule has 0 aliphatic heterocycles. The highest BCUT2D eigenvalue weighted by molar-refractivity contribution is 9.08. The molecule has 0 amide bonds. The fraction of sp³-hybridized carbons (Fsp3) is 0.125. The maximum absolute atomic E-state index is 12.1. The Morgan fingerprint density at radius 2 is 1.64 bits per heavy atom. The monoisotopic (exact) mass is 376 g/mol. The van der Waals surface area contributed by atoms with Crippen LogP contribution < -0.4 is 0 Å². The Hall–Kier alpha value is -1.79. The molecule has 1 heterocycles. The van der Waals surface area contributed by atoms with E-state index < -0.39 is 9.84 Å². The molecule has 0 fully saturated rings. The van der Waals surface area contributed by atoms with Gasteiger partial charge >= 0.3 is 0 Å². The van der Waals surface area contributed by atoms with Gasteiger partial charge in [0.2, 0.25) is 0 Å². The fourth-order valence-electron chi connectivity index (χ4n) is 2.43. The summed E-state index contributed by atoms with van der Waals surface area (Å²) in [5.74, 6) is 0. The Morgan fingerprint density at radius 1 is 1.00 bits per heavy atom. The molecule has 6 heteroatoms. The SMILES string of the molecule is CS(=O)(=O)c1ccccc1-c1cc2nccnc2cc1CBr. The van der Waals surface area contributed by atoms with Crippen LogP contribution in [0.3, 0.4) is 0 Å². The first-order valence-corrected chi connectivity index (χ1v) is 9.61. The van der Waals surface area contributed by atoms with Crippen LogP contribution in [0.5, 0.6) is 0 Å². The lowest BCUT2D eigenvalue weighted by atomic mass is 9.99. The van der Waals surface area contributed by atoms with E-state index in [1.54, 1.807) is 24.5 Å². The normalized spacial score (nSPS) is 11.7. The molecular formula is C16H13BrN2O2S. The van der Waals surface area contributed by atoms with Gasteiger partial charge in [-0.05, 0) is 29.3 Å². The zero-order valence-electron chi connectivity index (χ0n) is 11.8. The molecule has 1 aromatic heterocycles. The van der Waals surface area contributed by atoms with Crippen LogP contribution in [-0.4, -0.2) is 24.6 Å². The average molecular weight is 377 g/mol. The van der Waals surface area contributed by atoms with Gasteiger partial charge in [-0.25, -0.2) is 8.42 Å². The van der Waals surface area contributed by atoms with Gasteiger partial charge in [0.15, 0.2) is 9.84 Å². The minimum Gasteiger partial charge on any atom is -0.253 e. The topological polar surface area (TPSA) is 59.9 Å². The van der Waals surface area contributed by atoms with Gasteiger partial charge in [-0.3, -0.25) is 9.97 Å². The van der Waals surface area contributed by atoms with E-state index in [0.29, 0.717) is 15.8 Å². The van der Waals surface area contributed by atoms with Gasteiger partial charge in [-0.15, -0.1) is 0 Å². The Balaban J connectivity index is 2.35. The van der Waals surface area contributed by atoms with E-state index in [4.69, 9.17) is 0 Å². The number of nitrogens with zero attached hydrogens (tertiary/aromatic N) is 2. The second-order valence-corrected chi connectivity index (χ2v) is 7.50. The van der Waals surface area contributed by atoms with Gasteiger partial charge in [0.05, 0.1) is 15.9 Å². The predicted octanol–water partition coefficient (Wildman–Crippen LogP) is 3.60. The highest BCUT2D eigenvalue weighted by Crippen LogP contribution is 2.33. The van der Waals surface area contributed by atoms with E-state index in [9.17, 15) is 8.42 Å². The molecule has 0 saturated carbocycles. The largest absolute Gasteiger partial charge is 0.253 e. The Bertz CT molecular complexity index is 955. The number of fused-ring (bicyclic) bond motifs is 1. The number of benzene rings is 2. The van der Waals surface area contributed by atoms with Crippen LogP contribution >= 0.6 is 15.9 Å². The number of hydrogen-bond donors (Lipinski definition) is 0. The lowest BCUT2D eigenvalue weighted by molar-refractivity contribution is 0.602. The van der Waals surface area contributed by atoms with Crippen LogP contribution in [0.15, 0.2) is 53.7 Å². The maximum Gasteiger partial charge on any atom is 0.176 e. The van der Waals surface area contributed by atoms with Crippen molar-refractivity contribution in [1.29, 1.82) is 0 Å². The third kappa shape index (κ3) is 2.76. The first-order valence-electron chi connectivity index (χ1n) is 6.60. The predicted molar refractivity (Wildman–Crippen MR) is 90.7 cm³/mol. The van der Waals surface area contributed by atoms with Gasteiger partial charge in [-0.1, -0.05) is 34.1 Å². The van der Waals surface area contributed by atoms with E-state index in [1.807, 2.05) is 24.3 Å². The summed E-state index contributed by atoms with van der Waals surface area (Å²) in [6, 6.07) is 10.8. The van der Waals surface area contributed by atoms with Crippen LogP contribution in [0.25, 0.3) is 22.2 Å². The van der Waals surface area contributed by atoms with Crippen LogP contribution in [-0.2, 0) is 15.2 Å². The van der Waals surface area contributed by atoms with Crippen molar-refractivity contribution in [3.8, 4) is 11.1 Å². The molecule has 0 unspecified atom stereocenters. The number of halogens is 1. The van der Waals surface area contributed by atoms with Crippen molar-refractivity contribution in [3.05, 3.63) is 54.4 Å². The van der Waals surface area contributed by atoms with E-state index in [1.165, 1.54) is 6.26 Å². The molecular weight excluding hydrogens is 364 g/mol. The van der Waals surface area contributed by atoms with Gasteiger partial charge in [0.25, 0.3) is 0 Å². The average Bonchev–Trinajstić information content (AvgIpc) is 2.52. The van der Waals surface area contributed by atoms with Gasteiger partial charge in [0, 0.05) is 29.5 Å². The van der Waals surface area contributed by atoms with Crippen LogP contribution in [0.4, 0.5) is 0 Å². The van der Waals surface area contributed by atoms with Crippen molar-refractivity contribution < 1.29 is 8.42 Å². The summed E-state index contributed by atoms with van der Waals surface area (Å²) in [6.45, 7) is 0. The first kappa shape index (κ1) is 15.1. The summed E-state index contributed by atoms with van der Waals surface area (Å²) in [5.41, 5.74) is 4.05. The fourth-order valence-corrected chi connectivity index (χ4v) is 3.80. The highest BCUT2D eigenvalue weighted by Gasteiger charge is 2.17. The lowest BCUT2D eigenvalue weighted by Crippen LogP contribution is -2.01. The molecule has 112 valence electrons. The van der Waals surface area contributed by atoms with Crippen molar-refractivity contribution in [2.24, 2.45) is 0 Å². The van der Waals surface area contributed by atoms with Crippen molar-refractivity contribution in [3.63, 3.8) is 0 Å². The second kappa shape index (κ2) is 5.78. The van der Waals surface area contributed by atoms with Gasteiger partial charge < -0.3 is 0 Å². The molecule has 0 aliphatic rings. The summed E-state index contributed by atoms with van der Waals surface area (Å²) < 4.78 is 24.1. The molecule has 3 aromatic rings. The summed E-state index contributed by atoms with van der Waals surface area (Å²) >= 11 is 3.47. The minimum atomic E-state index is -3.31. The van der Waals surface area contributed by atoms with Gasteiger partial charge in [-0.2, -0.15) is 0 Å². The second-order valence-electron chi connectivity index (χ2n) is 4.96. The molecule has 4 nitrogen and oxygen atoms in total. The lowest BCUT2D eigenvalue weighted by Gasteiger charge is -2.12. The van der Waals surface area contributed by atoms with Gasteiger partial charge in [0.1, 0.15) is 0 Å². The number of alkyl halides is 1. The summed E-state index contributed by atoms with van der Waals surface area (Å²) in [7, 11) is -3.31. The number of rotatable bonds is 3. The third-order valence-electron chi connectivity index (χ3n) is 3.41. The zero-order valence-corrected chi connectivity index (χ0v) is 14.2. The van der Waals surface area contributed by atoms with Crippen molar-refractivity contribution in [1.82, 2.24) is 9.97 Å². The molecule has 3 rings (SSSR count). The molecule has 0 N–H and O–H groups in total. The summed E-state index contributed by atoms with van der Waals surface area (Å²) in [5, 5.41) is 0.604. The third-order valence-corrected chi connectivity index (χ3v) is 5.17. The Labute approximate surface area is 137 Å². The van der Waals surface area contributed by atoms with Crippen LogP contribution in [0, 0.1) is 0 Å². The van der Waals surface area contributed by atoms with Crippen molar-refractivity contribution in [2.75, 3.05) is 6.26 Å². The number of sulfone groups is 1. The number of hydrogen-bond acceptors (Lipinski definition) is 4. The molecule has 22 heavy (non-hydrogen) atoms. The van der Waals surface area contributed by atoms with Crippen LogP contribution in [0.1, 0.15) is 5.56 Å². The Kier molecular flexibility index (Phi) is 3.97. The van der Waals surface area contributed by atoms with Crippen LogP contribution in [0.2, 0.25) is 0 Å². The molecule has 0 saturated heterocycles. The zero-order chi connectivity index (χ0) is 15.7.